The third-order valence-corrected chi connectivity index (χ3v) is 4.57. The van der Waals surface area contributed by atoms with E-state index in [9.17, 15) is 9.59 Å². The molecule has 0 saturated heterocycles. The number of hydrogen-bond acceptors (Lipinski definition) is 3. The van der Waals surface area contributed by atoms with Crippen molar-refractivity contribution in [1.29, 1.82) is 0 Å². The number of anilines is 1. The standard InChI is InChI=1S/C21H23N3O3/c1-14-10-8-9-13-18(14)27-16(3)20(25)22-19-15(2)23(4)24(21(19)26)17-11-6-5-7-12-17/h5-13,16H,1-4H3,(H,22,25). The summed E-state index contributed by atoms with van der Waals surface area (Å²) in [6, 6.07) is 16.8. The average molecular weight is 365 g/mol. The second-order valence-corrected chi connectivity index (χ2v) is 6.45. The summed E-state index contributed by atoms with van der Waals surface area (Å²) in [5.41, 5.74) is 2.32. The van der Waals surface area contributed by atoms with Crippen molar-refractivity contribution in [2.24, 2.45) is 7.05 Å². The van der Waals surface area contributed by atoms with Gasteiger partial charge in [-0.15, -0.1) is 0 Å². The first-order valence-electron chi connectivity index (χ1n) is 8.77. The van der Waals surface area contributed by atoms with Gasteiger partial charge in [-0.25, -0.2) is 4.68 Å². The number of aromatic nitrogens is 2. The van der Waals surface area contributed by atoms with Crippen LogP contribution < -0.4 is 15.6 Å². The van der Waals surface area contributed by atoms with Crippen LogP contribution in [-0.4, -0.2) is 21.4 Å². The Balaban J connectivity index is 1.84. The lowest BCUT2D eigenvalue weighted by atomic mass is 10.2. The van der Waals surface area contributed by atoms with E-state index in [1.165, 1.54) is 4.68 Å². The summed E-state index contributed by atoms with van der Waals surface area (Å²) in [6.45, 7) is 5.37. The Morgan fingerprint density at radius 1 is 1.04 bits per heavy atom. The zero-order valence-corrected chi connectivity index (χ0v) is 15.9. The summed E-state index contributed by atoms with van der Waals surface area (Å²) in [5, 5.41) is 2.73. The molecule has 1 N–H and O–H groups in total. The molecule has 0 aliphatic heterocycles. The number of carbonyl (C=O) groups is 1. The fraction of sp³-hybridized carbons (Fsp3) is 0.238. The van der Waals surface area contributed by atoms with Crippen LogP contribution in [0.15, 0.2) is 59.4 Å². The lowest BCUT2D eigenvalue weighted by Gasteiger charge is -2.15. The summed E-state index contributed by atoms with van der Waals surface area (Å²) < 4.78 is 9.00. The first-order valence-corrected chi connectivity index (χ1v) is 8.77. The van der Waals surface area contributed by atoms with Gasteiger partial charge in [0.25, 0.3) is 11.5 Å². The third kappa shape index (κ3) is 3.65. The molecule has 0 aliphatic carbocycles. The van der Waals surface area contributed by atoms with Gasteiger partial charge in [-0.3, -0.25) is 14.3 Å². The molecule has 3 rings (SSSR count). The van der Waals surface area contributed by atoms with Crippen LogP contribution in [-0.2, 0) is 11.8 Å². The van der Waals surface area contributed by atoms with Gasteiger partial charge < -0.3 is 10.1 Å². The molecule has 0 bridgehead atoms. The highest BCUT2D eigenvalue weighted by Crippen LogP contribution is 2.19. The number of nitrogens with zero attached hydrogens (tertiary/aromatic N) is 2. The molecular formula is C21H23N3O3. The van der Waals surface area contributed by atoms with Crippen molar-refractivity contribution in [2.75, 3.05) is 5.32 Å². The van der Waals surface area contributed by atoms with Crippen molar-refractivity contribution >= 4 is 11.6 Å². The minimum absolute atomic E-state index is 0.256. The van der Waals surface area contributed by atoms with Gasteiger partial charge in [-0.1, -0.05) is 36.4 Å². The molecule has 0 fully saturated rings. The van der Waals surface area contributed by atoms with Crippen LogP contribution in [0.25, 0.3) is 5.69 Å². The van der Waals surface area contributed by atoms with Gasteiger partial charge in [0.1, 0.15) is 11.4 Å². The Morgan fingerprint density at radius 2 is 1.67 bits per heavy atom. The Labute approximate surface area is 158 Å². The molecule has 6 nitrogen and oxygen atoms in total. The number of ether oxygens (including phenoxy) is 1. The van der Waals surface area contributed by atoms with E-state index < -0.39 is 6.10 Å². The maximum Gasteiger partial charge on any atom is 0.295 e. The van der Waals surface area contributed by atoms with Gasteiger partial charge >= 0.3 is 0 Å². The topological polar surface area (TPSA) is 65.3 Å². The monoisotopic (exact) mass is 365 g/mol. The van der Waals surface area contributed by atoms with Gasteiger partial charge in [-0.2, -0.15) is 0 Å². The van der Waals surface area contributed by atoms with Gasteiger partial charge in [0.15, 0.2) is 6.10 Å². The lowest BCUT2D eigenvalue weighted by molar-refractivity contribution is -0.122. The third-order valence-electron chi connectivity index (χ3n) is 4.57. The molecule has 1 unspecified atom stereocenters. The maximum absolute atomic E-state index is 12.9. The molecule has 0 aliphatic rings. The van der Waals surface area contributed by atoms with E-state index in [1.54, 1.807) is 25.6 Å². The average Bonchev–Trinajstić information content (AvgIpc) is 2.87. The van der Waals surface area contributed by atoms with E-state index in [0.29, 0.717) is 11.4 Å². The second-order valence-electron chi connectivity index (χ2n) is 6.45. The summed E-state index contributed by atoms with van der Waals surface area (Å²) in [5.74, 6) is 0.274. The Kier molecular flexibility index (Phi) is 5.16. The number of benzene rings is 2. The summed E-state index contributed by atoms with van der Waals surface area (Å²) in [7, 11) is 1.78. The number of hydrogen-bond donors (Lipinski definition) is 1. The Bertz CT molecular complexity index is 1020. The predicted molar refractivity (Wildman–Crippen MR) is 106 cm³/mol. The summed E-state index contributed by atoms with van der Waals surface area (Å²) in [6.07, 6.45) is -0.740. The number of nitrogens with one attached hydrogen (secondary N) is 1. The normalized spacial score (nSPS) is 11.9. The first-order chi connectivity index (χ1) is 12.9. The lowest BCUT2D eigenvalue weighted by Crippen LogP contribution is -2.32. The SMILES string of the molecule is Cc1ccccc1OC(C)C(=O)Nc1c(C)n(C)n(-c2ccccc2)c1=O. The van der Waals surface area contributed by atoms with Gasteiger partial charge in [0.2, 0.25) is 0 Å². The number of para-hydroxylation sites is 2. The molecule has 0 spiro atoms. The summed E-state index contributed by atoms with van der Waals surface area (Å²) in [4.78, 5) is 25.5. The number of rotatable bonds is 5. The fourth-order valence-corrected chi connectivity index (χ4v) is 2.87. The highest BCUT2D eigenvalue weighted by atomic mass is 16.5. The van der Waals surface area contributed by atoms with Crippen molar-refractivity contribution in [2.45, 2.75) is 26.9 Å². The van der Waals surface area contributed by atoms with Crippen LogP contribution in [0.4, 0.5) is 5.69 Å². The van der Waals surface area contributed by atoms with Gasteiger partial charge in [-0.05, 0) is 44.5 Å². The molecular weight excluding hydrogens is 342 g/mol. The van der Waals surface area contributed by atoms with Crippen LogP contribution in [0.2, 0.25) is 0 Å². The van der Waals surface area contributed by atoms with Crippen LogP contribution in [0.5, 0.6) is 5.75 Å². The molecule has 1 aromatic heterocycles. The van der Waals surface area contributed by atoms with Crippen molar-refractivity contribution in [3.8, 4) is 11.4 Å². The second kappa shape index (κ2) is 7.53. The van der Waals surface area contributed by atoms with Crippen LogP contribution in [0.1, 0.15) is 18.2 Å². The van der Waals surface area contributed by atoms with E-state index in [1.807, 2.05) is 61.5 Å². The zero-order chi connectivity index (χ0) is 19.6. The predicted octanol–water partition coefficient (Wildman–Crippen LogP) is 3.20. The number of amides is 1. The molecule has 0 radical (unpaired) electrons. The molecule has 1 amide bonds. The number of carbonyl (C=O) groups excluding carboxylic acids is 1. The van der Waals surface area contributed by atoms with E-state index in [4.69, 9.17) is 4.74 Å². The molecule has 6 heteroatoms. The highest BCUT2D eigenvalue weighted by molar-refractivity contribution is 5.94. The number of aryl methyl sites for hydroxylation is 1. The van der Waals surface area contributed by atoms with E-state index in [2.05, 4.69) is 5.32 Å². The van der Waals surface area contributed by atoms with Gasteiger partial charge in [0.05, 0.1) is 11.4 Å². The molecule has 140 valence electrons. The van der Waals surface area contributed by atoms with Crippen molar-refractivity contribution in [1.82, 2.24) is 9.36 Å². The Hall–Kier alpha value is -3.28. The maximum atomic E-state index is 12.9. The van der Waals surface area contributed by atoms with Crippen LogP contribution in [0.3, 0.4) is 0 Å². The highest BCUT2D eigenvalue weighted by Gasteiger charge is 2.22. The smallest absolute Gasteiger partial charge is 0.295 e. The van der Waals surface area contributed by atoms with Crippen molar-refractivity contribution in [3.63, 3.8) is 0 Å². The molecule has 1 heterocycles. The quantitative estimate of drug-likeness (QED) is 0.755. The minimum atomic E-state index is -0.740. The van der Waals surface area contributed by atoms with E-state index in [0.717, 1.165) is 11.3 Å². The van der Waals surface area contributed by atoms with Gasteiger partial charge in [0, 0.05) is 7.05 Å². The molecule has 0 saturated carbocycles. The minimum Gasteiger partial charge on any atom is -0.481 e. The van der Waals surface area contributed by atoms with Crippen LogP contribution in [0, 0.1) is 13.8 Å². The molecule has 1 atom stereocenters. The Morgan fingerprint density at radius 3 is 2.33 bits per heavy atom. The van der Waals surface area contributed by atoms with E-state index >= 15 is 0 Å². The molecule has 2 aromatic carbocycles. The van der Waals surface area contributed by atoms with Crippen molar-refractivity contribution < 1.29 is 9.53 Å². The fourth-order valence-electron chi connectivity index (χ4n) is 2.87. The zero-order valence-electron chi connectivity index (χ0n) is 15.9. The summed E-state index contributed by atoms with van der Waals surface area (Å²) >= 11 is 0. The first kappa shape index (κ1) is 18.5. The van der Waals surface area contributed by atoms with Crippen molar-refractivity contribution in [3.05, 3.63) is 76.2 Å². The molecule has 27 heavy (non-hydrogen) atoms. The van der Waals surface area contributed by atoms with E-state index in [-0.39, 0.29) is 17.2 Å². The molecule has 3 aromatic rings. The van der Waals surface area contributed by atoms with Crippen LogP contribution >= 0.6 is 0 Å². The largest absolute Gasteiger partial charge is 0.481 e.